The Balaban J connectivity index is 2.52. The lowest BCUT2D eigenvalue weighted by Crippen LogP contribution is -2.44. The lowest BCUT2D eigenvalue weighted by Gasteiger charge is -2.21. The number of nitrogens with one attached hydrogen (secondary N) is 1. The number of hydrogen-bond donors (Lipinski definition) is 2. The van der Waals surface area contributed by atoms with Crippen LogP contribution in [-0.4, -0.2) is 30.9 Å². The zero-order chi connectivity index (χ0) is 15.8. The summed E-state index contributed by atoms with van der Waals surface area (Å²) in [6.45, 7) is 6.64. The number of carbonyl (C=O) groups is 1. The number of amides is 1. The number of methoxy groups -OCH3 is 1. The summed E-state index contributed by atoms with van der Waals surface area (Å²) in [7, 11) is 1.64. The van der Waals surface area contributed by atoms with Gasteiger partial charge < -0.3 is 15.8 Å². The number of ether oxygens (including phenoxy) is 1. The van der Waals surface area contributed by atoms with E-state index in [1.54, 1.807) is 7.11 Å². The SMILES string of the molecule is COc1ccc(SC(C)C(=O)NC(CN)CC(C)C)cc1. The van der Waals surface area contributed by atoms with Gasteiger partial charge >= 0.3 is 0 Å². The maximum Gasteiger partial charge on any atom is 0.233 e. The lowest BCUT2D eigenvalue weighted by molar-refractivity contribution is -0.121. The van der Waals surface area contributed by atoms with E-state index in [1.165, 1.54) is 11.8 Å². The van der Waals surface area contributed by atoms with Gasteiger partial charge in [0.1, 0.15) is 5.75 Å². The number of carbonyl (C=O) groups excluding carboxylic acids is 1. The van der Waals surface area contributed by atoms with Gasteiger partial charge in [0.25, 0.3) is 0 Å². The third-order valence-corrected chi connectivity index (χ3v) is 4.24. The van der Waals surface area contributed by atoms with Gasteiger partial charge in [0.15, 0.2) is 0 Å². The molecule has 0 spiro atoms. The summed E-state index contributed by atoms with van der Waals surface area (Å²) in [6.07, 6.45) is 0.905. The van der Waals surface area contributed by atoms with Crippen LogP contribution in [0.4, 0.5) is 0 Å². The van der Waals surface area contributed by atoms with E-state index in [0.717, 1.165) is 17.1 Å². The molecule has 0 heterocycles. The molecule has 0 aromatic heterocycles. The highest BCUT2D eigenvalue weighted by molar-refractivity contribution is 8.00. The molecule has 0 aliphatic rings. The van der Waals surface area contributed by atoms with Crippen LogP contribution in [-0.2, 0) is 4.79 Å². The topological polar surface area (TPSA) is 64.3 Å². The zero-order valence-electron chi connectivity index (χ0n) is 13.3. The molecule has 2 unspecified atom stereocenters. The van der Waals surface area contributed by atoms with Crippen molar-refractivity contribution in [3.8, 4) is 5.75 Å². The molecule has 5 heteroatoms. The fraction of sp³-hybridized carbons (Fsp3) is 0.562. The molecule has 0 aliphatic carbocycles. The van der Waals surface area contributed by atoms with Crippen LogP contribution in [0, 0.1) is 5.92 Å². The molecule has 0 aliphatic heterocycles. The molecule has 0 fully saturated rings. The van der Waals surface area contributed by atoms with Crippen LogP contribution in [0.5, 0.6) is 5.75 Å². The fourth-order valence-corrected chi connectivity index (χ4v) is 2.89. The van der Waals surface area contributed by atoms with Crippen molar-refractivity contribution in [2.75, 3.05) is 13.7 Å². The molecular weight excluding hydrogens is 284 g/mol. The van der Waals surface area contributed by atoms with Gasteiger partial charge in [-0.05, 0) is 43.5 Å². The van der Waals surface area contributed by atoms with E-state index >= 15 is 0 Å². The van der Waals surface area contributed by atoms with Crippen LogP contribution in [0.25, 0.3) is 0 Å². The molecule has 21 heavy (non-hydrogen) atoms. The van der Waals surface area contributed by atoms with Gasteiger partial charge in [-0.25, -0.2) is 0 Å². The average molecular weight is 310 g/mol. The Labute approximate surface area is 131 Å². The van der Waals surface area contributed by atoms with E-state index in [1.807, 2.05) is 31.2 Å². The Morgan fingerprint density at radius 2 is 1.90 bits per heavy atom. The predicted molar refractivity (Wildman–Crippen MR) is 88.8 cm³/mol. The molecule has 1 amide bonds. The van der Waals surface area contributed by atoms with Gasteiger partial charge in [0, 0.05) is 17.5 Å². The molecule has 1 rings (SSSR count). The largest absolute Gasteiger partial charge is 0.497 e. The summed E-state index contributed by atoms with van der Waals surface area (Å²) in [5.41, 5.74) is 5.72. The number of rotatable bonds is 8. The highest BCUT2D eigenvalue weighted by Gasteiger charge is 2.18. The van der Waals surface area contributed by atoms with Gasteiger partial charge in [-0.2, -0.15) is 0 Å². The van der Waals surface area contributed by atoms with Gasteiger partial charge in [-0.1, -0.05) is 13.8 Å². The van der Waals surface area contributed by atoms with Crippen LogP contribution in [0.3, 0.4) is 0 Å². The number of benzene rings is 1. The van der Waals surface area contributed by atoms with Crippen molar-refractivity contribution in [2.45, 2.75) is 43.4 Å². The fourth-order valence-electron chi connectivity index (χ4n) is 2.01. The molecule has 4 nitrogen and oxygen atoms in total. The molecule has 1 aromatic carbocycles. The van der Waals surface area contributed by atoms with Crippen LogP contribution in [0.1, 0.15) is 27.2 Å². The highest BCUT2D eigenvalue weighted by Crippen LogP contribution is 2.25. The Morgan fingerprint density at radius 3 is 2.38 bits per heavy atom. The van der Waals surface area contributed by atoms with Gasteiger partial charge in [0.05, 0.1) is 12.4 Å². The molecule has 1 aromatic rings. The Kier molecular flexibility index (Phi) is 7.61. The molecule has 0 saturated carbocycles. The molecule has 0 radical (unpaired) electrons. The maximum atomic E-state index is 12.2. The first kappa shape index (κ1) is 17.9. The first-order valence-corrected chi connectivity index (χ1v) is 8.15. The summed E-state index contributed by atoms with van der Waals surface area (Å²) in [5, 5.41) is 2.88. The van der Waals surface area contributed by atoms with Crippen molar-refractivity contribution in [3.63, 3.8) is 0 Å². The second kappa shape index (κ2) is 8.95. The number of nitrogens with two attached hydrogens (primary N) is 1. The first-order valence-electron chi connectivity index (χ1n) is 7.27. The molecule has 3 N–H and O–H groups in total. The van der Waals surface area contributed by atoms with Crippen molar-refractivity contribution in [1.29, 1.82) is 0 Å². The zero-order valence-corrected chi connectivity index (χ0v) is 14.1. The van der Waals surface area contributed by atoms with Crippen LogP contribution < -0.4 is 15.8 Å². The van der Waals surface area contributed by atoms with Gasteiger partial charge in [-0.15, -0.1) is 11.8 Å². The van der Waals surface area contributed by atoms with E-state index in [2.05, 4.69) is 19.2 Å². The Hall–Kier alpha value is -1.20. The van der Waals surface area contributed by atoms with Crippen molar-refractivity contribution >= 4 is 17.7 Å². The van der Waals surface area contributed by atoms with Crippen molar-refractivity contribution < 1.29 is 9.53 Å². The summed E-state index contributed by atoms with van der Waals surface area (Å²) >= 11 is 1.53. The van der Waals surface area contributed by atoms with Crippen LogP contribution >= 0.6 is 11.8 Å². The second-order valence-corrected chi connectivity index (χ2v) is 6.92. The predicted octanol–water partition coefficient (Wildman–Crippen LogP) is 2.67. The van der Waals surface area contributed by atoms with E-state index < -0.39 is 0 Å². The molecule has 118 valence electrons. The smallest absolute Gasteiger partial charge is 0.233 e. The minimum Gasteiger partial charge on any atom is -0.497 e. The normalized spacial score (nSPS) is 13.8. The van der Waals surface area contributed by atoms with E-state index in [4.69, 9.17) is 10.5 Å². The quantitative estimate of drug-likeness (QED) is 0.725. The van der Waals surface area contributed by atoms with Gasteiger partial charge in [-0.3, -0.25) is 4.79 Å². The standard InChI is InChI=1S/C16H26N2O2S/c1-11(2)9-13(10-17)18-16(19)12(3)21-15-7-5-14(20-4)6-8-15/h5-8,11-13H,9-10,17H2,1-4H3,(H,18,19). The number of thioether (sulfide) groups is 1. The summed E-state index contributed by atoms with van der Waals surface area (Å²) in [4.78, 5) is 13.3. The van der Waals surface area contributed by atoms with Crippen LogP contribution in [0.2, 0.25) is 0 Å². The maximum absolute atomic E-state index is 12.2. The summed E-state index contributed by atoms with van der Waals surface area (Å²) in [5.74, 6) is 1.37. The van der Waals surface area contributed by atoms with Gasteiger partial charge in [0.2, 0.25) is 5.91 Å². The molecule has 0 saturated heterocycles. The minimum atomic E-state index is -0.153. The monoisotopic (exact) mass is 310 g/mol. The second-order valence-electron chi connectivity index (χ2n) is 5.51. The van der Waals surface area contributed by atoms with Crippen molar-refractivity contribution in [3.05, 3.63) is 24.3 Å². The molecule has 0 bridgehead atoms. The average Bonchev–Trinajstić information content (AvgIpc) is 2.46. The summed E-state index contributed by atoms with van der Waals surface area (Å²) < 4.78 is 5.12. The third-order valence-electron chi connectivity index (χ3n) is 3.13. The van der Waals surface area contributed by atoms with E-state index in [-0.39, 0.29) is 17.2 Å². The third kappa shape index (κ3) is 6.40. The van der Waals surface area contributed by atoms with Crippen LogP contribution in [0.15, 0.2) is 29.2 Å². The number of hydrogen-bond acceptors (Lipinski definition) is 4. The molecular formula is C16H26N2O2S. The lowest BCUT2D eigenvalue weighted by atomic mass is 10.0. The minimum absolute atomic E-state index is 0.0342. The van der Waals surface area contributed by atoms with Crippen molar-refractivity contribution in [1.82, 2.24) is 5.32 Å². The summed E-state index contributed by atoms with van der Waals surface area (Å²) in [6, 6.07) is 7.77. The van der Waals surface area contributed by atoms with E-state index in [9.17, 15) is 4.79 Å². The highest BCUT2D eigenvalue weighted by atomic mass is 32.2. The Bertz CT molecular complexity index is 434. The first-order chi connectivity index (χ1) is 9.96. The molecule has 2 atom stereocenters. The Morgan fingerprint density at radius 1 is 1.29 bits per heavy atom. The van der Waals surface area contributed by atoms with Crippen molar-refractivity contribution in [2.24, 2.45) is 11.7 Å². The van der Waals surface area contributed by atoms with E-state index in [0.29, 0.717) is 12.5 Å².